The van der Waals surface area contributed by atoms with Crippen LogP contribution < -0.4 is 4.80 Å². The molecule has 1 aromatic carbocycles. The van der Waals surface area contributed by atoms with Gasteiger partial charge in [-0.15, -0.1) is 5.10 Å². The molecule has 11 heteroatoms. The predicted molar refractivity (Wildman–Crippen MR) is 97.7 cm³/mol. The van der Waals surface area contributed by atoms with Crippen molar-refractivity contribution in [1.29, 1.82) is 0 Å². The number of amides is 1. The SMILES string of the molecule is COC(=O)Cn1c(=NC(=O)c2snnc2C)sc2cc(C(=O)OC)ccc21. The number of aryl methyl sites for hydroxylation is 1. The fraction of sp³-hybridized carbons (Fsp3) is 0.250. The topological polar surface area (TPSA) is 113 Å². The summed E-state index contributed by atoms with van der Waals surface area (Å²) in [4.78, 5) is 40.8. The largest absolute Gasteiger partial charge is 0.468 e. The molecule has 3 rings (SSSR count). The number of carbonyl (C=O) groups is 3. The predicted octanol–water partition coefficient (Wildman–Crippen LogP) is 1.56. The molecule has 0 atom stereocenters. The van der Waals surface area contributed by atoms with Crippen molar-refractivity contribution in [2.75, 3.05) is 14.2 Å². The van der Waals surface area contributed by atoms with Crippen LogP contribution in [0, 0.1) is 6.92 Å². The Morgan fingerprint density at radius 1 is 1.22 bits per heavy atom. The first kappa shape index (κ1) is 18.9. The molecule has 0 radical (unpaired) electrons. The van der Waals surface area contributed by atoms with Crippen molar-refractivity contribution in [3.05, 3.63) is 39.1 Å². The van der Waals surface area contributed by atoms with Crippen LogP contribution in [-0.4, -0.2) is 46.2 Å². The zero-order valence-electron chi connectivity index (χ0n) is 14.6. The van der Waals surface area contributed by atoms with E-state index in [0.29, 0.717) is 31.2 Å². The van der Waals surface area contributed by atoms with Gasteiger partial charge in [-0.2, -0.15) is 4.99 Å². The minimum atomic E-state index is -0.499. The van der Waals surface area contributed by atoms with Gasteiger partial charge in [0.15, 0.2) is 4.80 Å². The van der Waals surface area contributed by atoms with Gasteiger partial charge in [-0.1, -0.05) is 15.8 Å². The average Bonchev–Trinajstić information content (AvgIpc) is 3.24. The van der Waals surface area contributed by atoms with E-state index in [1.54, 1.807) is 29.7 Å². The quantitative estimate of drug-likeness (QED) is 0.604. The maximum atomic E-state index is 12.5. The number of nitrogens with zero attached hydrogens (tertiary/aromatic N) is 4. The molecule has 1 amide bonds. The van der Waals surface area contributed by atoms with Gasteiger partial charge in [0.05, 0.1) is 35.7 Å². The second kappa shape index (κ2) is 7.76. The van der Waals surface area contributed by atoms with Gasteiger partial charge >= 0.3 is 11.9 Å². The van der Waals surface area contributed by atoms with Gasteiger partial charge in [0.25, 0.3) is 5.91 Å². The van der Waals surface area contributed by atoms with Crippen LogP contribution in [-0.2, 0) is 20.8 Å². The Balaban J connectivity index is 2.17. The smallest absolute Gasteiger partial charge is 0.337 e. The Morgan fingerprint density at radius 2 is 2.00 bits per heavy atom. The van der Waals surface area contributed by atoms with Crippen molar-refractivity contribution in [2.24, 2.45) is 4.99 Å². The summed E-state index contributed by atoms with van der Waals surface area (Å²) in [6.07, 6.45) is 0. The lowest BCUT2D eigenvalue weighted by Crippen LogP contribution is -2.22. The Bertz CT molecular complexity index is 1110. The molecule has 27 heavy (non-hydrogen) atoms. The third-order valence-corrected chi connectivity index (χ3v) is 5.52. The zero-order valence-corrected chi connectivity index (χ0v) is 16.2. The molecule has 9 nitrogen and oxygen atoms in total. The van der Waals surface area contributed by atoms with E-state index < -0.39 is 17.8 Å². The number of fused-ring (bicyclic) bond motifs is 1. The third kappa shape index (κ3) is 3.78. The molecule has 0 unspecified atom stereocenters. The van der Waals surface area contributed by atoms with Crippen LogP contribution in [0.5, 0.6) is 0 Å². The van der Waals surface area contributed by atoms with Crippen molar-refractivity contribution in [1.82, 2.24) is 14.2 Å². The maximum Gasteiger partial charge on any atom is 0.337 e. The molecule has 0 saturated carbocycles. The van der Waals surface area contributed by atoms with Gasteiger partial charge in [0, 0.05) is 0 Å². The second-order valence-corrected chi connectivity index (χ2v) is 7.09. The Kier molecular flexibility index (Phi) is 5.42. The minimum absolute atomic E-state index is 0.125. The van der Waals surface area contributed by atoms with Gasteiger partial charge in [-0.3, -0.25) is 9.59 Å². The molecule has 0 bridgehead atoms. The van der Waals surface area contributed by atoms with E-state index in [1.165, 1.54) is 25.6 Å². The number of aromatic nitrogens is 3. The minimum Gasteiger partial charge on any atom is -0.468 e. The van der Waals surface area contributed by atoms with Crippen LogP contribution in [0.4, 0.5) is 0 Å². The van der Waals surface area contributed by atoms with E-state index in [1.807, 2.05) is 0 Å². The number of carbonyl (C=O) groups excluding carboxylic acids is 3. The Hall–Kier alpha value is -2.92. The Labute approximate surface area is 161 Å². The Morgan fingerprint density at radius 3 is 2.63 bits per heavy atom. The molecule has 0 N–H and O–H groups in total. The summed E-state index contributed by atoms with van der Waals surface area (Å²) >= 11 is 2.13. The summed E-state index contributed by atoms with van der Waals surface area (Å²) in [5.41, 5.74) is 1.49. The molecule has 2 heterocycles. The molecule has 0 aliphatic carbocycles. The number of hydrogen-bond donors (Lipinski definition) is 0. The molecule has 0 aliphatic heterocycles. The van der Waals surface area contributed by atoms with Crippen LogP contribution in [0.25, 0.3) is 10.2 Å². The van der Waals surface area contributed by atoms with Crippen molar-refractivity contribution in [3.8, 4) is 0 Å². The molecule has 0 fully saturated rings. The number of ether oxygens (including phenoxy) is 2. The van der Waals surface area contributed by atoms with Crippen molar-refractivity contribution in [3.63, 3.8) is 0 Å². The molecule has 140 valence electrons. The van der Waals surface area contributed by atoms with E-state index in [0.717, 1.165) is 11.5 Å². The molecule has 0 aliphatic rings. The summed E-state index contributed by atoms with van der Waals surface area (Å²) in [5, 5.41) is 3.81. The van der Waals surface area contributed by atoms with E-state index in [2.05, 4.69) is 14.6 Å². The first-order valence-corrected chi connectivity index (χ1v) is 9.20. The van der Waals surface area contributed by atoms with E-state index in [-0.39, 0.29) is 6.54 Å². The monoisotopic (exact) mass is 406 g/mol. The van der Waals surface area contributed by atoms with Crippen LogP contribution in [0.15, 0.2) is 23.2 Å². The highest BCUT2D eigenvalue weighted by molar-refractivity contribution is 7.16. The van der Waals surface area contributed by atoms with E-state index >= 15 is 0 Å². The highest BCUT2D eigenvalue weighted by Crippen LogP contribution is 2.20. The van der Waals surface area contributed by atoms with E-state index in [9.17, 15) is 14.4 Å². The first-order chi connectivity index (χ1) is 12.9. The number of hydrogen-bond acceptors (Lipinski definition) is 9. The number of rotatable bonds is 4. The highest BCUT2D eigenvalue weighted by atomic mass is 32.1. The lowest BCUT2D eigenvalue weighted by molar-refractivity contribution is -0.141. The van der Waals surface area contributed by atoms with Gasteiger partial charge in [0.2, 0.25) is 0 Å². The summed E-state index contributed by atoms with van der Waals surface area (Å²) in [6, 6.07) is 4.88. The zero-order chi connectivity index (χ0) is 19.6. The van der Waals surface area contributed by atoms with Gasteiger partial charge in [-0.25, -0.2) is 4.79 Å². The van der Waals surface area contributed by atoms with Gasteiger partial charge in [-0.05, 0) is 36.7 Å². The van der Waals surface area contributed by atoms with Crippen molar-refractivity contribution >= 4 is 50.9 Å². The fourth-order valence-corrected chi connectivity index (χ4v) is 3.92. The number of benzene rings is 1. The standard InChI is InChI=1S/C16H14N4O5S2/c1-8-13(27-19-18-8)14(22)17-16-20(7-12(21)24-2)10-5-4-9(15(23)25-3)6-11(10)26-16/h4-6H,7H2,1-3H3. The lowest BCUT2D eigenvalue weighted by atomic mass is 10.2. The van der Waals surface area contributed by atoms with E-state index in [4.69, 9.17) is 9.47 Å². The number of methoxy groups -OCH3 is 2. The van der Waals surface area contributed by atoms with Crippen LogP contribution in [0.1, 0.15) is 25.7 Å². The van der Waals surface area contributed by atoms with Crippen molar-refractivity contribution < 1.29 is 23.9 Å². The highest BCUT2D eigenvalue weighted by Gasteiger charge is 2.16. The van der Waals surface area contributed by atoms with Gasteiger partial charge in [0.1, 0.15) is 11.4 Å². The molecular weight excluding hydrogens is 392 g/mol. The van der Waals surface area contributed by atoms with Crippen LogP contribution in [0.3, 0.4) is 0 Å². The van der Waals surface area contributed by atoms with Crippen LogP contribution in [0.2, 0.25) is 0 Å². The van der Waals surface area contributed by atoms with Crippen LogP contribution >= 0.6 is 22.9 Å². The second-order valence-electron chi connectivity index (χ2n) is 5.33. The first-order valence-electron chi connectivity index (χ1n) is 7.61. The number of thiazole rings is 1. The molecular formula is C16H14N4O5S2. The normalized spacial score (nSPS) is 11.6. The summed E-state index contributed by atoms with van der Waals surface area (Å²) in [6.45, 7) is 1.54. The summed E-state index contributed by atoms with van der Waals surface area (Å²) in [5.74, 6) is -1.47. The van der Waals surface area contributed by atoms with Gasteiger partial charge < -0.3 is 14.0 Å². The molecule has 0 spiro atoms. The number of esters is 2. The molecule has 3 aromatic rings. The summed E-state index contributed by atoms with van der Waals surface area (Å²) in [7, 11) is 2.57. The molecule has 0 saturated heterocycles. The average molecular weight is 406 g/mol. The fourth-order valence-electron chi connectivity index (χ4n) is 2.32. The summed E-state index contributed by atoms with van der Waals surface area (Å²) < 4.78 is 15.4. The third-order valence-electron chi connectivity index (χ3n) is 3.66. The lowest BCUT2D eigenvalue weighted by Gasteiger charge is -2.04. The van der Waals surface area contributed by atoms with Crippen molar-refractivity contribution in [2.45, 2.75) is 13.5 Å². The maximum absolute atomic E-state index is 12.5. The molecule has 2 aromatic heterocycles.